The maximum atomic E-state index is 12.6. The number of carbonyl (C=O) groups is 1. The number of carbonyl (C=O) groups excluding carboxylic acids is 1. The second-order valence-corrected chi connectivity index (χ2v) is 10.6. The van der Waals surface area contributed by atoms with Crippen LogP contribution in [0.15, 0.2) is 30.6 Å². The van der Waals surface area contributed by atoms with Gasteiger partial charge in [-0.25, -0.2) is 9.78 Å². The molecule has 1 saturated carbocycles. The Morgan fingerprint density at radius 1 is 1.29 bits per heavy atom. The van der Waals surface area contributed by atoms with E-state index in [-0.39, 0.29) is 12.1 Å². The second-order valence-electron chi connectivity index (χ2n) is 10.6. The molecule has 2 aliphatic rings. The number of hydrogen-bond acceptors (Lipinski definition) is 8. The Morgan fingerprint density at radius 3 is 2.71 bits per heavy atom. The summed E-state index contributed by atoms with van der Waals surface area (Å²) < 4.78 is 5.56. The average molecular weight is 480 g/mol. The normalized spacial score (nSPS) is 23.1. The smallest absolute Gasteiger partial charge is 0.410 e. The van der Waals surface area contributed by atoms with Crippen LogP contribution in [0.25, 0.3) is 16.6 Å². The minimum absolute atomic E-state index is 0.0237. The molecule has 188 valence electrons. The van der Waals surface area contributed by atoms with Crippen LogP contribution in [0, 0.1) is 11.3 Å². The van der Waals surface area contributed by atoms with E-state index in [9.17, 15) is 4.79 Å². The quantitative estimate of drug-likeness (QED) is 0.543. The van der Waals surface area contributed by atoms with Gasteiger partial charge in [0.05, 0.1) is 22.9 Å². The zero-order valence-corrected chi connectivity index (χ0v) is 21.1. The maximum absolute atomic E-state index is 12.6. The van der Waals surface area contributed by atoms with Gasteiger partial charge in [-0.2, -0.15) is 0 Å². The first-order chi connectivity index (χ1) is 16.7. The van der Waals surface area contributed by atoms with Gasteiger partial charge in [-0.1, -0.05) is 0 Å². The lowest BCUT2D eigenvalue weighted by Gasteiger charge is -2.41. The monoisotopic (exact) mass is 479 g/mol. The number of nitrogens with zero attached hydrogens (tertiary/aromatic N) is 4. The summed E-state index contributed by atoms with van der Waals surface area (Å²) in [6.07, 6.45) is 6.74. The first-order valence-corrected chi connectivity index (χ1v) is 12.4. The van der Waals surface area contributed by atoms with Crippen molar-refractivity contribution in [1.82, 2.24) is 20.2 Å². The van der Waals surface area contributed by atoms with E-state index in [1.54, 1.807) is 11.1 Å². The molecule has 4 N–H and O–H groups in total. The molecule has 1 aliphatic heterocycles. The highest BCUT2D eigenvalue weighted by Crippen LogP contribution is 2.27. The Kier molecular flexibility index (Phi) is 7.25. The Balaban J connectivity index is 1.46. The molecule has 0 bridgehead atoms. The Hall–Kier alpha value is -3.20. The Bertz CT molecular complexity index is 1100. The van der Waals surface area contributed by atoms with Gasteiger partial charge in [0.15, 0.2) is 0 Å². The molecule has 1 saturated heterocycles. The van der Waals surface area contributed by atoms with E-state index < -0.39 is 5.60 Å². The molecule has 9 heteroatoms. The minimum Gasteiger partial charge on any atom is -0.444 e. The third-order valence-electron chi connectivity index (χ3n) is 6.64. The van der Waals surface area contributed by atoms with Crippen LogP contribution >= 0.6 is 0 Å². The summed E-state index contributed by atoms with van der Waals surface area (Å²) in [5.41, 5.74) is 9.19. The Labute approximate surface area is 207 Å². The fraction of sp³-hybridized carbons (Fsp3) is 0.538. The summed E-state index contributed by atoms with van der Waals surface area (Å²) in [7, 11) is 0. The molecule has 1 aromatic carbocycles. The number of fused-ring (bicyclic) bond motifs is 1. The van der Waals surface area contributed by atoms with Crippen molar-refractivity contribution in [1.29, 1.82) is 5.41 Å². The van der Waals surface area contributed by atoms with Crippen molar-refractivity contribution in [3.8, 4) is 0 Å². The van der Waals surface area contributed by atoms with Crippen LogP contribution in [-0.4, -0.2) is 71.0 Å². The van der Waals surface area contributed by atoms with Gasteiger partial charge in [0, 0.05) is 55.4 Å². The number of ether oxygens (including phenoxy) is 1. The predicted octanol–water partition coefficient (Wildman–Crippen LogP) is 3.39. The summed E-state index contributed by atoms with van der Waals surface area (Å²) in [6, 6.07) is 6.48. The van der Waals surface area contributed by atoms with Gasteiger partial charge in [-0.05, 0) is 71.2 Å². The van der Waals surface area contributed by atoms with E-state index in [4.69, 9.17) is 20.9 Å². The van der Waals surface area contributed by atoms with Gasteiger partial charge >= 0.3 is 6.09 Å². The molecule has 2 heterocycles. The molecular weight excluding hydrogens is 442 g/mol. The van der Waals surface area contributed by atoms with E-state index in [2.05, 4.69) is 15.2 Å². The zero-order valence-electron chi connectivity index (χ0n) is 21.1. The van der Waals surface area contributed by atoms with Crippen LogP contribution in [0.1, 0.15) is 46.2 Å². The number of anilines is 1. The molecule has 0 radical (unpaired) electrons. The van der Waals surface area contributed by atoms with Crippen molar-refractivity contribution in [2.24, 2.45) is 11.7 Å². The number of nitrogens with two attached hydrogens (primary N) is 1. The number of aromatic nitrogens is 2. The van der Waals surface area contributed by atoms with E-state index in [1.807, 2.05) is 52.1 Å². The second kappa shape index (κ2) is 10.2. The summed E-state index contributed by atoms with van der Waals surface area (Å²) >= 11 is 0. The van der Waals surface area contributed by atoms with Gasteiger partial charge in [-0.3, -0.25) is 4.98 Å². The number of hydrogen-bond donors (Lipinski definition) is 3. The molecule has 2 aromatic rings. The van der Waals surface area contributed by atoms with Crippen molar-refractivity contribution in [3.05, 3.63) is 36.3 Å². The lowest BCUT2D eigenvalue weighted by atomic mass is 9.80. The number of nitrogens with one attached hydrogen (secondary N) is 2. The summed E-state index contributed by atoms with van der Waals surface area (Å²) in [6.45, 7) is 10.4. The molecule has 4 rings (SSSR count). The molecule has 1 aromatic heterocycles. The van der Waals surface area contributed by atoms with E-state index in [0.29, 0.717) is 42.9 Å². The first kappa shape index (κ1) is 24.9. The number of amides is 1. The zero-order chi connectivity index (χ0) is 25.2. The van der Waals surface area contributed by atoms with Crippen molar-refractivity contribution in [3.63, 3.8) is 0 Å². The highest BCUT2D eigenvalue weighted by molar-refractivity contribution is 6.07. The van der Waals surface area contributed by atoms with Crippen LogP contribution < -0.4 is 16.0 Å². The molecule has 1 atom stereocenters. The molecule has 1 unspecified atom stereocenters. The van der Waals surface area contributed by atoms with E-state index in [1.165, 1.54) is 6.21 Å². The third kappa shape index (κ3) is 5.90. The predicted molar refractivity (Wildman–Crippen MR) is 140 cm³/mol. The SMILES string of the molecule is CC1CN(c2ccc3ncc(/C(C=N)=C/NC4CC(CN)C4)nc3c2)CCN1C(=O)OC(C)(C)C. The molecule has 35 heavy (non-hydrogen) atoms. The average Bonchev–Trinajstić information content (AvgIpc) is 2.78. The van der Waals surface area contributed by atoms with Crippen molar-refractivity contribution in [2.45, 2.75) is 58.2 Å². The molecule has 9 nitrogen and oxygen atoms in total. The van der Waals surface area contributed by atoms with Gasteiger partial charge < -0.3 is 31.0 Å². The standard InChI is InChI=1S/C26H37N7O2/c1-17-16-32(7-8-33(17)25(34)35-26(2,3)4)21-5-6-22-23(11-21)31-24(15-30-22)19(13-28)14-29-20-9-18(10-20)12-27/h5-6,11,13-15,17-18,20,28-29H,7-10,12,16,27H2,1-4H3/b19-14+,28-13?. The minimum atomic E-state index is -0.507. The van der Waals surface area contributed by atoms with Crippen LogP contribution in [0.5, 0.6) is 0 Å². The fourth-order valence-corrected chi connectivity index (χ4v) is 4.58. The maximum Gasteiger partial charge on any atom is 0.410 e. The van der Waals surface area contributed by atoms with Crippen LogP contribution in [0.3, 0.4) is 0 Å². The lowest BCUT2D eigenvalue weighted by Crippen LogP contribution is -2.55. The summed E-state index contributed by atoms with van der Waals surface area (Å²) in [5, 5.41) is 11.3. The Morgan fingerprint density at radius 2 is 2.06 bits per heavy atom. The van der Waals surface area contributed by atoms with E-state index >= 15 is 0 Å². The van der Waals surface area contributed by atoms with Crippen LogP contribution in [-0.2, 0) is 4.74 Å². The van der Waals surface area contributed by atoms with Crippen molar-refractivity contribution < 1.29 is 9.53 Å². The largest absolute Gasteiger partial charge is 0.444 e. The molecule has 0 spiro atoms. The lowest BCUT2D eigenvalue weighted by molar-refractivity contribution is 0.0159. The summed E-state index contributed by atoms with van der Waals surface area (Å²) in [4.78, 5) is 26.0. The third-order valence-corrected chi connectivity index (χ3v) is 6.64. The molecular formula is C26H37N7O2. The fourth-order valence-electron chi connectivity index (χ4n) is 4.58. The van der Waals surface area contributed by atoms with Crippen LogP contribution in [0.4, 0.5) is 10.5 Å². The number of piperazine rings is 1. The summed E-state index contributed by atoms with van der Waals surface area (Å²) in [5.74, 6) is 0.594. The van der Waals surface area contributed by atoms with Gasteiger partial charge in [0.1, 0.15) is 5.60 Å². The van der Waals surface area contributed by atoms with Crippen molar-refractivity contribution in [2.75, 3.05) is 31.1 Å². The number of allylic oxidation sites excluding steroid dienone is 1. The molecule has 1 aliphatic carbocycles. The van der Waals surface area contributed by atoms with Crippen LogP contribution in [0.2, 0.25) is 0 Å². The molecule has 2 fully saturated rings. The number of benzene rings is 1. The van der Waals surface area contributed by atoms with Gasteiger partial charge in [0.2, 0.25) is 0 Å². The number of rotatable bonds is 6. The van der Waals surface area contributed by atoms with Gasteiger partial charge in [0.25, 0.3) is 0 Å². The first-order valence-electron chi connectivity index (χ1n) is 12.4. The van der Waals surface area contributed by atoms with Gasteiger partial charge in [-0.15, -0.1) is 0 Å². The van der Waals surface area contributed by atoms with E-state index in [0.717, 1.165) is 36.1 Å². The molecule has 1 amide bonds. The topological polar surface area (TPSA) is 120 Å². The van der Waals surface area contributed by atoms with Crippen molar-refractivity contribution >= 4 is 34.6 Å². The highest BCUT2D eigenvalue weighted by Gasteiger charge is 2.31. The highest BCUT2D eigenvalue weighted by atomic mass is 16.6.